The number of benzene rings is 2. The van der Waals surface area contributed by atoms with E-state index in [1.807, 2.05) is 30.3 Å². The fourth-order valence-corrected chi connectivity index (χ4v) is 3.72. The van der Waals surface area contributed by atoms with E-state index in [-0.39, 0.29) is 17.1 Å². The van der Waals surface area contributed by atoms with E-state index in [2.05, 4.69) is 0 Å². The molecule has 29 heavy (non-hydrogen) atoms. The van der Waals surface area contributed by atoms with Crippen LogP contribution in [-0.4, -0.2) is 21.0 Å². The smallest absolute Gasteiger partial charge is 0.293 e. The fourth-order valence-electron chi connectivity index (χ4n) is 2.90. The number of non-ortho nitro benzene ring substituents is 1. The lowest BCUT2D eigenvalue weighted by Crippen LogP contribution is -2.27. The Morgan fingerprint density at radius 2 is 1.83 bits per heavy atom. The quantitative estimate of drug-likeness (QED) is 0.333. The third kappa shape index (κ3) is 3.97. The van der Waals surface area contributed by atoms with E-state index < -0.39 is 16.1 Å². The van der Waals surface area contributed by atoms with Gasteiger partial charge in [-0.2, -0.15) is 0 Å². The zero-order valence-corrected chi connectivity index (χ0v) is 15.8. The lowest BCUT2D eigenvalue weighted by atomic mass is 10.2. The Bertz CT molecular complexity index is 1140. The largest absolute Gasteiger partial charge is 0.457 e. The van der Waals surface area contributed by atoms with E-state index >= 15 is 0 Å². The van der Waals surface area contributed by atoms with Crippen LogP contribution >= 0.6 is 11.8 Å². The molecule has 8 heteroatoms. The average molecular weight is 406 g/mol. The predicted octanol–water partition coefficient (Wildman–Crippen LogP) is 5.09. The molecule has 2 heterocycles. The highest BCUT2D eigenvalue weighted by Crippen LogP contribution is 2.34. The molecule has 1 aliphatic heterocycles. The molecule has 1 saturated heterocycles. The summed E-state index contributed by atoms with van der Waals surface area (Å²) in [6, 6.07) is 18.9. The van der Waals surface area contributed by atoms with Crippen molar-refractivity contribution >= 4 is 34.7 Å². The van der Waals surface area contributed by atoms with E-state index in [0.717, 1.165) is 22.2 Å². The standard InChI is InChI=1S/C21H14N2O5S/c24-20-19(12-17-9-10-18(28-17)15-6-2-1-3-7-15)29-21(25)22(20)13-14-5-4-8-16(11-14)23(26)27/h1-12H,13H2. The number of furan rings is 1. The normalized spacial score (nSPS) is 15.3. The van der Waals surface area contributed by atoms with Crippen molar-refractivity contribution in [3.8, 4) is 11.3 Å². The minimum atomic E-state index is -0.515. The summed E-state index contributed by atoms with van der Waals surface area (Å²) in [7, 11) is 0. The summed E-state index contributed by atoms with van der Waals surface area (Å²) >= 11 is 0.816. The van der Waals surface area contributed by atoms with Crippen molar-refractivity contribution in [3.63, 3.8) is 0 Å². The molecule has 0 atom stereocenters. The summed E-state index contributed by atoms with van der Waals surface area (Å²) in [6.07, 6.45) is 1.53. The molecule has 2 aromatic carbocycles. The summed E-state index contributed by atoms with van der Waals surface area (Å²) in [5.41, 5.74) is 1.33. The van der Waals surface area contributed by atoms with E-state index in [0.29, 0.717) is 17.1 Å². The van der Waals surface area contributed by atoms with Gasteiger partial charge in [-0.3, -0.25) is 24.6 Å². The van der Waals surface area contributed by atoms with Crippen LogP contribution in [0.3, 0.4) is 0 Å². The van der Waals surface area contributed by atoms with Crippen LogP contribution in [0.25, 0.3) is 17.4 Å². The van der Waals surface area contributed by atoms with Crippen LogP contribution in [0.15, 0.2) is 76.1 Å². The van der Waals surface area contributed by atoms with Gasteiger partial charge >= 0.3 is 0 Å². The number of rotatable bonds is 5. The molecule has 0 saturated carbocycles. The molecule has 0 unspecified atom stereocenters. The molecule has 0 radical (unpaired) electrons. The number of amides is 2. The number of nitrogens with zero attached hydrogens (tertiary/aromatic N) is 2. The molecule has 2 amide bonds. The Labute approximate surface area is 169 Å². The maximum atomic E-state index is 12.7. The Hall–Kier alpha value is -3.65. The topological polar surface area (TPSA) is 93.7 Å². The fraction of sp³-hybridized carbons (Fsp3) is 0.0476. The zero-order chi connectivity index (χ0) is 20.4. The molecule has 1 aliphatic rings. The van der Waals surface area contributed by atoms with Gasteiger partial charge in [0, 0.05) is 23.8 Å². The summed E-state index contributed by atoms with van der Waals surface area (Å²) in [6.45, 7) is -0.0306. The molecule has 3 aromatic rings. The Morgan fingerprint density at radius 1 is 1.03 bits per heavy atom. The molecule has 0 bridgehead atoms. The molecule has 4 rings (SSSR count). The first-order valence-corrected chi connectivity index (χ1v) is 9.47. The number of carbonyl (C=O) groups is 2. The second-order valence-corrected chi connectivity index (χ2v) is 7.26. The zero-order valence-electron chi connectivity index (χ0n) is 15.0. The van der Waals surface area contributed by atoms with Crippen LogP contribution < -0.4 is 0 Å². The molecule has 7 nitrogen and oxygen atoms in total. The van der Waals surface area contributed by atoms with E-state index in [1.54, 1.807) is 18.2 Å². The molecule has 0 spiro atoms. The maximum Gasteiger partial charge on any atom is 0.293 e. The van der Waals surface area contributed by atoms with Gasteiger partial charge in [-0.15, -0.1) is 0 Å². The second-order valence-electron chi connectivity index (χ2n) is 6.26. The number of nitro groups is 1. The van der Waals surface area contributed by atoms with Crippen LogP contribution in [0.4, 0.5) is 10.5 Å². The highest BCUT2D eigenvalue weighted by Gasteiger charge is 2.35. The highest BCUT2D eigenvalue weighted by atomic mass is 32.2. The monoisotopic (exact) mass is 406 g/mol. The molecular weight excluding hydrogens is 392 g/mol. The molecule has 0 N–H and O–H groups in total. The lowest BCUT2D eigenvalue weighted by molar-refractivity contribution is -0.384. The first-order valence-electron chi connectivity index (χ1n) is 8.65. The third-order valence-corrected chi connectivity index (χ3v) is 5.20. The summed E-state index contributed by atoms with van der Waals surface area (Å²) in [4.78, 5) is 36.7. The van der Waals surface area contributed by atoms with Crippen LogP contribution in [0, 0.1) is 10.1 Å². The van der Waals surface area contributed by atoms with Crippen LogP contribution in [0.5, 0.6) is 0 Å². The number of hydrogen-bond donors (Lipinski definition) is 0. The van der Waals surface area contributed by atoms with Gasteiger partial charge in [0.15, 0.2) is 0 Å². The van der Waals surface area contributed by atoms with Crippen molar-refractivity contribution in [2.24, 2.45) is 0 Å². The number of carbonyl (C=O) groups excluding carboxylic acids is 2. The second kappa shape index (κ2) is 7.76. The maximum absolute atomic E-state index is 12.7. The van der Waals surface area contributed by atoms with E-state index in [4.69, 9.17) is 4.42 Å². The number of thioether (sulfide) groups is 1. The van der Waals surface area contributed by atoms with Gasteiger partial charge in [0.25, 0.3) is 16.8 Å². The summed E-state index contributed by atoms with van der Waals surface area (Å²) < 4.78 is 5.76. The van der Waals surface area contributed by atoms with E-state index in [9.17, 15) is 19.7 Å². The van der Waals surface area contributed by atoms with Crippen LogP contribution in [0.1, 0.15) is 11.3 Å². The van der Waals surface area contributed by atoms with Crippen molar-refractivity contribution in [2.75, 3.05) is 0 Å². The number of imide groups is 1. The Balaban J connectivity index is 1.53. The first kappa shape index (κ1) is 18.7. The highest BCUT2D eigenvalue weighted by molar-refractivity contribution is 8.18. The molecule has 1 fully saturated rings. The van der Waals surface area contributed by atoms with Crippen LogP contribution in [-0.2, 0) is 11.3 Å². The van der Waals surface area contributed by atoms with Crippen molar-refractivity contribution in [2.45, 2.75) is 6.54 Å². The van der Waals surface area contributed by atoms with Crippen LogP contribution in [0.2, 0.25) is 0 Å². The SMILES string of the molecule is O=C1SC(=Cc2ccc(-c3ccccc3)o2)C(=O)N1Cc1cccc([N+](=O)[O-])c1. The molecule has 144 valence electrons. The Kier molecular flexibility index (Phi) is 5.01. The summed E-state index contributed by atoms with van der Waals surface area (Å²) in [5, 5.41) is 10.5. The van der Waals surface area contributed by atoms with Gasteiger partial charge in [-0.25, -0.2) is 0 Å². The van der Waals surface area contributed by atoms with Crippen molar-refractivity contribution in [1.82, 2.24) is 4.90 Å². The predicted molar refractivity (Wildman–Crippen MR) is 109 cm³/mol. The lowest BCUT2D eigenvalue weighted by Gasteiger charge is -2.12. The van der Waals surface area contributed by atoms with Gasteiger partial charge < -0.3 is 4.42 Å². The minimum absolute atomic E-state index is 0.0306. The Morgan fingerprint density at radius 3 is 2.59 bits per heavy atom. The van der Waals surface area contributed by atoms with Crippen molar-refractivity contribution in [1.29, 1.82) is 0 Å². The molecular formula is C21H14N2O5S. The van der Waals surface area contributed by atoms with Gasteiger partial charge in [0.2, 0.25) is 0 Å². The minimum Gasteiger partial charge on any atom is -0.457 e. The first-order chi connectivity index (χ1) is 14.0. The number of nitro benzene ring substituents is 1. The third-order valence-electron chi connectivity index (χ3n) is 4.29. The van der Waals surface area contributed by atoms with Gasteiger partial charge in [0.1, 0.15) is 11.5 Å². The van der Waals surface area contributed by atoms with Crippen molar-refractivity contribution in [3.05, 3.63) is 93.1 Å². The van der Waals surface area contributed by atoms with Gasteiger partial charge in [-0.05, 0) is 29.5 Å². The molecule has 0 aliphatic carbocycles. The van der Waals surface area contributed by atoms with Gasteiger partial charge in [-0.1, -0.05) is 42.5 Å². The van der Waals surface area contributed by atoms with E-state index in [1.165, 1.54) is 24.3 Å². The molecule has 1 aromatic heterocycles. The average Bonchev–Trinajstić information content (AvgIpc) is 3.29. The van der Waals surface area contributed by atoms with Gasteiger partial charge in [0.05, 0.1) is 16.4 Å². The van der Waals surface area contributed by atoms with Crippen molar-refractivity contribution < 1.29 is 18.9 Å². The summed E-state index contributed by atoms with van der Waals surface area (Å²) in [5.74, 6) is 0.668. The number of hydrogen-bond acceptors (Lipinski definition) is 6.